The molecule has 0 radical (unpaired) electrons. The van der Waals surface area contributed by atoms with E-state index in [0.717, 1.165) is 5.56 Å². The molecule has 1 aromatic rings. The van der Waals surface area contributed by atoms with Crippen molar-refractivity contribution in [2.75, 3.05) is 13.6 Å². The molecule has 0 atom stereocenters. The van der Waals surface area contributed by atoms with Crippen molar-refractivity contribution in [3.05, 3.63) is 29.3 Å². The number of benzene rings is 1. The molecule has 1 aromatic carbocycles. The lowest BCUT2D eigenvalue weighted by molar-refractivity contribution is 0.0778. The zero-order chi connectivity index (χ0) is 14.8. The maximum absolute atomic E-state index is 12.3. The zero-order valence-electron chi connectivity index (χ0n) is 11.7. The van der Waals surface area contributed by atoms with Crippen LogP contribution in [0.15, 0.2) is 23.1 Å². The van der Waals surface area contributed by atoms with E-state index in [0.29, 0.717) is 18.0 Å². The molecule has 0 aliphatic heterocycles. The molecule has 6 heteroatoms. The summed E-state index contributed by atoms with van der Waals surface area (Å²) in [5, 5.41) is 5.08. The number of carbonyl (C=O) groups is 1. The lowest BCUT2D eigenvalue weighted by Gasteiger charge is -2.20. The van der Waals surface area contributed by atoms with Gasteiger partial charge in [0.15, 0.2) is 0 Å². The number of sulfonamides is 1. The molecule has 2 N–H and O–H groups in total. The van der Waals surface area contributed by atoms with Crippen LogP contribution in [0, 0.1) is 12.8 Å². The number of nitrogens with zero attached hydrogens (tertiary/aromatic N) is 1. The lowest BCUT2D eigenvalue weighted by Crippen LogP contribution is -2.31. The maximum Gasteiger partial charge on any atom is 0.253 e. The van der Waals surface area contributed by atoms with E-state index in [9.17, 15) is 13.2 Å². The van der Waals surface area contributed by atoms with Gasteiger partial charge in [-0.05, 0) is 30.5 Å². The number of aryl methyl sites for hydroxylation is 1. The maximum atomic E-state index is 12.3. The molecule has 0 aliphatic carbocycles. The number of nitrogens with two attached hydrogens (primary N) is 1. The van der Waals surface area contributed by atoms with Gasteiger partial charge in [-0.15, -0.1) is 0 Å². The summed E-state index contributed by atoms with van der Waals surface area (Å²) in [6.45, 7) is 6.40. The van der Waals surface area contributed by atoms with Crippen LogP contribution >= 0.6 is 0 Å². The van der Waals surface area contributed by atoms with E-state index in [1.165, 1.54) is 12.1 Å². The summed E-state index contributed by atoms with van der Waals surface area (Å²) in [5.41, 5.74) is 1.10. The van der Waals surface area contributed by atoms with Gasteiger partial charge in [-0.3, -0.25) is 4.79 Å². The number of hydrogen-bond donors (Lipinski definition) is 1. The first-order valence-electron chi connectivity index (χ1n) is 6.02. The minimum atomic E-state index is -3.80. The summed E-state index contributed by atoms with van der Waals surface area (Å²) in [5.74, 6) is 0.146. The first-order chi connectivity index (χ1) is 8.62. The van der Waals surface area contributed by atoms with Crippen LogP contribution < -0.4 is 5.14 Å². The average molecular weight is 284 g/mol. The number of primary sulfonamides is 1. The molecule has 0 heterocycles. The van der Waals surface area contributed by atoms with Crippen molar-refractivity contribution < 1.29 is 13.2 Å². The van der Waals surface area contributed by atoms with Crippen LogP contribution in [-0.2, 0) is 10.0 Å². The van der Waals surface area contributed by atoms with Gasteiger partial charge in [0.25, 0.3) is 5.91 Å². The van der Waals surface area contributed by atoms with E-state index in [1.54, 1.807) is 24.9 Å². The molecule has 5 nitrogen and oxygen atoms in total. The normalized spacial score (nSPS) is 11.7. The Morgan fingerprint density at radius 3 is 2.42 bits per heavy atom. The third-order valence-electron chi connectivity index (χ3n) is 2.75. The van der Waals surface area contributed by atoms with Gasteiger partial charge in [0, 0.05) is 19.2 Å². The molecular formula is C13H20N2O3S. The second kappa shape index (κ2) is 5.71. The smallest absolute Gasteiger partial charge is 0.253 e. The van der Waals surface area contributed by atoms with E-state index >= 15 is 0 Å². The monoisotopic (exact) mass is 284 g/mol. The molecule has 1 amide bonds. The van der Waals surface area contributed by atoms with Crippen LogP contribution in [0.1, 0.15) is 29.8 Å². The van der Waals surface area contributed by atoms with Crippen molar-refractivity contribution in [2.24, 2.45) is 11.1 Å². The molecule has 0 spiro atoms. The molecule has 106 valence electrons. The fourth-order valence-electron chi connectivity index (χ4n) is 1.84. The minimum absolute atomic E-state index is 0.0422. The SMILES string of the molecule is Cc1ccc(S(N)(=O)=O)cc1C(=O)N(C)CC(C)C. The Morgan fingerprint density at radius 2 is 1.95 bits per heavy atom. The number of amides is 1. The van der Waals surface area contributed by atoms with E-state index in [2.05, 4.69) is 0 Å². The van der Waals surface area contributed by atoms with E-state index in [-0.39, 0.29) is 10.8 Å². The van der Waals surface area contributed by atoms with Crippen LogP contribution in [0.5, 0.6) is 0 Å². The zero-order valence-corrected chi connectivity index (χ0v) is 12.5. The Bertz CT molecular complexity index is 580. The molecule has 0 saturated heterocycles. The summed E-state index contributed by atoms with van der Waals surface area (Å²) < 4.78 is 22.6. The highest BCUT2D eigenvalue weighted by Crippen LogP contribution is 2.16. The fraction of sp³-hybridized carbons (Fsp3) is 0.462. The standard InChI is InChI=1S/C13H20N2O3S/c1-9(2)8-15(4)13(16)12-7-11(19(14,17)18)6-5-10(12)3/h5-7,9H,8H2,1-4H3,(H2,14,17,18). The average Bonchev–Trinajstić information content (AvgIpc) is 2.26. The highest BCUT2D eigenvalue weighted by molar-refractivity contribution is 7.89. The summed E-state index contributed by atoms with van der Waals surface area (Å²) in [6.07, 6.45) is 0. The van der Waals surface area contributed by atoms with E-state index in [1.807, 2.05) is 13.8 Å². The van der Waals surface area contributed by atoms with Gasteiger partial charge in [-0.25, -0.2) is 13.6 Å². The summed E-state index contributed by atoms with van der Waals surface area (Å²) in [6, 6.07) is 4.34. The van der Waals surface area contributed by atoms with Gasteiger partial charge < -0.3 is 4.90 Å². The largest absolute Gasteiger partial charge is 0.341 e. The van der Waals surface area contributed by atoms with Crippen LogP contribution in [0.4, 0.5) is 0 Å². The summed E-state index contributed by atoms with van der Waals surface area (Å²) in [4.78, 5) is 13.8. The Balaban J connectivity index is 3.16. The highest BCUT2D eigenvalue weighted by atomic mass is 32.2. The van der Waals surface area contributed by atoms with Crippen molar-refractivity contribution in [1.29, 1.82) is 0 Å². The van der Waals surface area contributed by atoms with E-state index < -0.39 is 10.0 Å². The molecule has 0 fully saturated rings. The molecule has 0 unspecified atom stereocenters. The predicted octanol–water partition coefficient (Wildman–Crippen LogP) is 1.37. The topological polar surface area (TPSA) is 80.5 Å². The molecule has 1 rings (SSSR count). The van der Waals surface area contributed by atoms with Gasteiger partial charge >= 0.3 is 0 Å². The minimum Gasteiger partial charge on any atom is -0.341 e. The fourth-order valence-corrected chi connectivity index (χ4v) is 2.38. The third kappa shape index (κ3) is 4.04. The van der Waals surface area contributed by atoms with Gasteiger partial charge in [-0.2, -0.15) is 0 Å². The third-order valence-corrected chi connectivity index (χ3v) is 3.66. The Morgan fingerprint density at radius 1 is 1.37 bits per heavy atom. The van der Waals surface area contributed by atoms with Crippen molar-refractivity contribution >= 4 is 15.9 Å². The van der Waals surface area contributed by atoms with Crippen LogP contribution in [-0.4, -0.2) is 32.8 Å². The van der Waals surface area contributed by atoms with Gasteiger partial charge in [0.1, 0.15) is 0 Å². The van der Waals surface area contributed by atoms with Crippen molar-refractivity contribution in [3.8, 4) is 0 Å². The molecule has 0 aromatic heterocycles. The second-order valence-corrected chi connectivity index (χ2v) is 6.66. The van der Waals surface area contributed by atoms with Gasteiger partial charge in [0.2, 0.25) is 10.0 Å². The Hall–Kier alpha value is -1.40. The predicted molar refractivity (Wildman–Crippen MR) is 74.4 cm³/mol. The quantitative estimate of drug-likeness (QED) is 0.906. The van der Waals surface area contributed by atoms with Crippen molar-refractivity contribution in [3.63, 3.8) is 0 Å². The molecule has 19 heavy (non-hydrogen) atoms. The summed E-state index contributed by atoms with van der Waals surface area (Å²) >= 11 is 0. The highest BCUT2D eigenvalue weighted by Gasteiger charge is 2.18. The van der Waals surface area contributed by atoms with Crippen molar-refractivity contribution in [1.82, 2.24) is 4.90 Å². The number of hydrogen-bond acceptors (Lipinski definition) is 3. The Kier molecular flexibility index (Phi) is 4.70. The molecule has 0 saturated carbocycles. The molecule has 0 bridgehead atoms. The van der Waals surface area contributed by atoms with Crippen LogP contribution in [0.25, 0.3) is 0 Å². The van der Waals surface area contributed by atoms with Gasteiger partial charge in [-0.1, -0.05) is 19.9 Å². The number of rotatable bonds is 4. The van der Waals surface area contributed by atoms with E-state index in [4.69, 9.17) is 5.14 Å². The van der Waals surface area contributed by atoms with Gasteiger partial charge in [0.05, 0.1) is 4.90 Å². The molecule has 0 aliphatic rings. The molecular weight excluding hydrogens is 264 g/mol. The first-order valence-corrected chi connectivity index (χ1v) is 7.56. The summed E-state index contributed by atoms with van der Waals surface area (Å²) in [7, 11) is -2.10. The van der Waals surface area contributed by atoms with Crippen LogP contribution in [0.3, 0.4) is 0 Å². The first kappa shape index (κ1) is 15.7. The van der Waals surface area contributed by atoms with Crippen LogP contribution in [0.2, 0.25) is 0 Å². The second-order valence-electron chi connectivity index (χ2n) is 5.10. The number of carbonyl (C=O) groups excluding carboxylic acids is 1. The van der Waals surface area contributed by atoms with Crippen molar-refractivity contribution in [2.45, 2.75) is 25.7 Å². The lowest BCUT2D eigenvalue weighted by atomic mass is 10.1. The Labute approximate surface area is 114 Å².